The van der Waals surface area contributed by atoms with Gasteiger partial charge in [0.05, 0.1) is 0 Å². The van der Waals surface area contributed by atoms with Gasteiger partial charge in [-0.05, 0) is 49.2 Å². The number of nitrogens with one attached hydrogen (secondary N) is 2. The maximum absolute atomic E-state index is 13.6. The summed E-state index contributed by atoms with van der Waals surface area (Å²) < 4.78 is 5.98. The van der Waals surface area contributed by atoms with Crippen LogP contribution in [0.2, 0.25) is 0 Å². The van der Waals surface area contributed by atoms with Crippen LogP contribution in [0.4, 0.5) is 0 Å². The second-order valence-corrected chi connectivity index (χ2v) is 7.34. The third kappa shape index (κ3) is 1.85. The van der Waals surface area contributed by atoms with Gasteiger partial charge in [0.1, 0.15) is 11.4 Å². The van der Waals surface area contributed by atoms with Crippen molar-refractivity contribution in [2.45, 2.75) is 25.2 Å². The number of aromatic nitrogens is 1. The molecule has 1 aromatic heterocycles. The first kappa shape index (κ1) is 16.8. The van der Waals surface area contributed by atoms with Crippen LogP contribution in [0.3, 0.4) is 0 Å². The van der Waals surface area contributed by atoms with Crippen molar-refractivity contribution in [3.8, 4) is 5.75 Å². The number of fused-ring (bicyclic) bond motifs is 5. The van der Waals surface area contributed by atoms with E-state index in [-0.39, 0.29) is 5.69 Å². The predicted octanol–water partition coefficient (Wildman–Crippen LogP) is 2.69. The fraction of sp³-hybridized carbons (Fsp3) is 0.182. The first-order valence-corrected chi connectivity index (χ1v) is 9.02. The number of ketones is 1. The van der Waals surface area contributed by atoms with Crippen LogP contribution in [0, 0.1) is 13.8 Å². The third-order valence-electron chi connectivity index (χ3n) is 5.79. The lowest BCUT2D eigenvalue weighted by Gasteiger charge is -2.34. The zero-order valence-electron chi connectivity index (χ0n) is 15.4. The molecular weight excluding hydrogens is 356 g/mol. The number of benzene rings is 2. The molecule has 0 bridgehead atoms. The third-order valence-corrected chi connectivity index (χ3v) is 5.79. The molecule has 3 aromatic rings. The highest BCUT2D eigenvalue weighted by Crippen LogP contribution is 2.58. The molecule has 0 saturated heterocycles. The molecule has 1 aliphatic carbocycles. The topological polar surface area (TPSA) is 91.4 Å². The molecule has 5 rings (SSSR count). The summed E-state index contributed by atoms with van der Waals surface area (Å²) in [5.74, 6) is -2.53. The summed E-state index contributed by atoms with van der Waals surface area (Å²) in [6, 6.07) is 13.6. The molecule has 0 spiro atoms. The largest absolute Gasteiger partial charge is 0.454 e. The first-order chi connectivity index (χ1) is 13.4. The number of aromatic amines is 1. The molecule has 2 aliphatic rings. The Balaban J connectivity index is 1.78. The summed E-state index contributed by atoms with van der Waals surface area (Å²) in [4.78, 5) is 29.4. The van der Waals surface area contributed by atoms with Gasteiger partial charge in [-0.15, -0.1) is 0 Å². The maximum atomic E-state index is 13.6. The number of aliphatic hydroxyl groups is 1. The quantitative estimate of drug-likeness (QED) is 0.643. The van der Waals surface area contributed by atoms with E-state index in [2.05, 4.69) is 10.3 Å². The SMILES string of the molecule is Cc1cc2c(cc1C)C1(NC(=O)c3ccc[nH]3)C(=O)c3ccccc3C1(O)O2. The van der Waals surface area contributed by atoms with E-state index >= 15 is 0 Å². The van der Waals surface area contributed by atoms with Crippen LogP contribution in [0.1, 0.15) is 43.1 Å². The van der Waals surface area contributed by atoms with Crippen molar-refractivity contribution in [3.63, 3.8) is 0 Å². The number of hydrogen-bond donors (Lipinski definition) is 3. The molecule has 2 heterocycles. The average Bonchev–Trinajstić information content (AvgIpc) is 3.33. The zero-order chi connectivity index (χ0) is 19.7. The van der Waals surface area contributed by atoms with Crippen molar-refractivity contribution in [2.75, 3.05) is 0 Å². The minimum atomic E-state index is -2.02. The number of Topliss-reactive ketones (excluding diaryl/α,β-unsaturated/α-hetero) is 1. The minimum absolute atomic E-state index is 0.290. The van der Waals surface area contributed by atoms with Crippen LogP contribution in [0.25, 0.3) is 0 Å². The van der Waals surface area contributed by atoms with E-state index in [1.807, 2.05) is 13.8 Å². The van der Waals surface area contributed by atoms with E-state index in [0.717, 1.165) is 11.1 Å². The Morgan fingerprint density at radius 1 is 1.07 bits per heavy atom. The fourth-order valence-corrected chi connectivity index (χ4v) is 4.22. The van der Waals surface area contributed by atoms with E-state index in [0.29, 0.717) is 22.4 Å². The summed E-state index contributed by atoms with van der Waals surface area (Å²) in [5.41, 5.74) is 1.57. The molecule has 2 unspecified atom stereocenters. The summed E-state index contributed by atoms with van der Waals surface area (Å²) in [5, 5.41) is 14.5. The molecule has 140 valence electrons. The second kappa shape index (κ2) is 5.33. The van der Waals surface area contributed by atoms with Gasteiger partial charge in [-0.3, -0.25) is 9.59 Å². The molecule has 6 nitrogen and oxygen atoms in total. The van der Waals surface area contributed by atoms with E-state index in [4.69, 9.17) is 4.74 Å². The van der Waals surface area contributed by atoms with Crippen molar-refractivity contribution < 1.29 is 19.4 Å². The van der Waals surface area contributed by atoms with Crippen LogP contribution in [0.5, 0.6) is 5.75 Å². The maximum Gasteiger partial charge on any atom is 0.271 e. The number of ether oxygens (including phenoxy) is 1. The van der Waals surface area contributed by atoms with Crippen molar-refractivity contribution in [3.05, 3.63) is 88.2 Å². The standard InChI is InChI=1S/C22H18N2O4/c1-12-10-16-18(11-13(12)2)28-22(27)15-7-4-3-6-14(15)19(25)21(16,22)24-20(26)17-8-5-9-23-17/h3-11,23,27H,1-2H3,(H,24,26). The number of rotatable bonds is 2. The van der Waals surface area contributed by atoms with Crippen molar-refractivity contribution in [2.24, 2.45) is 0 Å². The van der Waals surface area contributed by atoms with Crippen LogP contribution in [0.15, 0.2) is 54.7 Å². The lowest BCUT2D eigenvalue weighted by atomic mass is 9.81. The Morgan fingerprint density at radius 2 is 1.82 bits per heavy atom. The molecular formula is C22H18N2O4. The normalized spacial score (nSPS) is 24.3. The lowest BCUT2D eigenvalue weighted by molar-refractivity contribution is -0.169. The molecule has 0 radical (unpaired) electrons. The fourth-order valence-electron chi connectivity index (χ4n) is 4.22. The molecule has 2 aromatic carbocycles. The van der Waals surface area contributed by atoms with E-state index in [1.54, 1.807) is 54.7 Å². The highest BCUT2D eigenvalue weighted by molar-refractivity contribution is 6.13. The van der Waals surface area contributed by atoms with Crippen molar-refractivity contribution >= 4 is 11.7 Å². The summed E-state index contributed by atoms with van der Waals surface area (Å²) in [6.45, 7) is 3.84. The smallest absolute Gasteiger partial charge is 0.271 e. The molecule has 1 amide bonds. The highest BCUT2D eigenvalue weighted by Gasteiger charge is 2.71. The Bertz CT molecular complexity index is 1150. The monoisotopic (exact) mass is 374 g/mol. The van der Waals surface area contributed by atoms with Crippen LogP contribution < -0.4 is 10.1 Å². The van der Waals surface area contributed by atoms with E-state index in [9.17, 15) is 14.7 Å². The molecule has 2 atom stereocenters. The molecule has 0 fully saturated rings. The van der Waals surface area contributed by atoms with Gasteiger partial charge >= 0.3 is 0 Å². The predicted molar refractivity (Wildman–Crippen MR) is 101 cm³/mol. The average molecular weight is 374 g/mol. The number of carbonyl (C=O) groups excluding carboxylic acids is 2. The number of carbonyl (C=O) groups is 2. The second-order valence-electron chi connectivity index (χ2n) is 7.34. The van der Waals surface area contributed by atoms with Crippen LogP contribution in [-0.4, -0.2) is 21.8 Å². The van der Waals surface area contributed by atoms with E-state index in [1.165, 1.54) is 0 Å². The Morgan fingerprint density at radius 3 is 2.57 bits per heavy atom. The van der Waals surface area contributed by atoms with Crippen molar-refractivity contribution in [1.29, 1.82) is 0 Å². The number of amides is 1. The molecule has 28 heavy (non-hydrogen) atoms. The van der Waals surface area contributed by atoms with Crippen molar-refractivity contribution in [1.82, 2.24) is 10.3 Å². The Labute approximate surface area is 161 Å². The van der Waals surface area contributed by atoms with Gasteiger partial charge < -0.3 is 20.1 Å². The highest BCUT2D eigenvalue weighted by atomic mass is 16.6. The van der Waals surface area contributed by atoms with Crippen LogP contribution in [-0.2, 0) is 11.3 Å². The zero-order valence-corrected chi connectivity index (χ0v) is 15.4. The number of hydrogen-bond acceptors (Lipinski definition) is 4. The van der Waals surface area contributed by atoms with Gasteiger partial charge in [0, 0.05) is 22.9 Å². The van der Waals surface area contributed by atoms with Gasteiger partial charge in [-0.2, -0.15) is 0 Å². The minimum Gasteiger partial charge on any atom is -0.454 e. The summed E-state index contributed by atoms with van der Waals surface area (Å²) in [6.07, 6.45) is 1.62. The first-order valence-electron chi connectivity index (χ1n) is 9.02. The Hall–Kier alpha value is -3.38. The summed E-state index contributed by atoms with van der Waals surface area (Å²) in [7, 11) is 0. The van der Waals surface area contributed by atoms with E-state index < -0.39 is 23.0 Å². The van der Waals surface area contributed by atoms with Crippen LogP contribution >= 0.6 is 0 Å². The molecule has 6 heteroatoms. The molecule has 3 N–H and O–H groups in total. The summed E-state index contributed by atoms with van der Waals surface area (Å²) >= 11 is 0. The van der Waals surface area contributed by atoms with Gasteiger partial charge in [-0.1, -0.05) is 24.3 Å². The van der Waals surface area contributed by atoms with Gasteiger partial charge in [-0.25, -0.2) is 0 Å². The van der Waals surface area contributed by atoms with Gasteiger partial charge in [0.25, 0.3) is 11.7 Å². The number of aryl methyl sites for hydroxylation is 2. The molecule has 0 saturated carbocycles. The number of H-pyrrole nitrogens is 1. The lowest BCUT2D eigenvalue weighted by Crippen LogP contribution is -2.60. The van der Waals surface area contributed by atoms with Gasteiger partial charge in [0.2, 0.25) is 11.3 Å². The Kier molecular flexibility index (Phi) is 3.19. The molecule has 1 aliphatic heterocycles. The van der Waals surface area contributed by atoms with Gasteiger partial charge in [0.15, 0.2) is 0 Å².